The standard InChI is InChI=1S/C20H32N2O2/c1-15(2)11-19(20(23)24-18-9-4-5-10-18)22-14-17-8-6-7-16(12-17)13-21-3/h6-8,12,15,18-19,21-22H,4-5,9-11,13-14H2,1-3H3/t19-/m0/s1. The summed E-state index contributed by atoms with van der Waals surface area (Å²) in [5.74, 6) is 0.372. The maximum atomic E-state index is 12.5. The fourth-order valence-corrected chi connectivity index (χ4v) is 3.28. The lowest BCUT2D eigenvalue weighted by Gasteiger charge is -2.22. The fourth-order valence-electron chi connectivity index (χ4n) is 3.28. The Hall–Kier alpha value is -1.39. The summed E-state index contributed by atoms with van der Waals surface area (Å²) in [4.78, 5) is 12.5. The van der Waals surface area contributed by atoms with Crippen LogP contribution in [-0.4, -0.2) is 25.2 Å². The van der Waals surface area contributed by atoms with Crippen molar-refractivity contribution in [1.82, 2.24) is 10.6 Å². The van der Waals surface area contributed by atoms with Gasteiger partial charge < -0.3 is 15.4 Å². The van der Waals surface area contributed by atoms with Gasteiger partial charge in [-0.05, 0) is 56.2 Å². The lowest BCUT2D eigenvalue weighted by atomic mass is 10.0. The van der Waals surface area contributed by atoms with Gasteiger partial charge >= 0.3 is 5.97 Å². The second-order valence-corrected chi connectivity index (χ2v) is 7.26. The highest BCUT2D eigenvalue weighted by atomic mass is 16.5. The van der Waals surface area contributed by atoms with Crippen LogP contribution in [0.25, 0.3) is 0 Å². The van der Waals surface area contributed by atoms with E-state index in [2.05, 4.69) is 48.7 Å². The Morgan fingerprint density at radius 3 is 2.50 bits per heavy atom. The average molecular weight is 332 g/mol. The summed E-state index contributed by atoms with van der Waals surface area (Å²) < 4.78 is 5.71. The van der Waals surface area contributed by atoms with Gasteiger partial charge in [-0.1, -0.05) is 38.1 Å². The van der Waals surface area contributed by atoms with Gasteiger partial charge in [0.2, 0.25) is 0 Å². The summed E-state index contributed by atoms with van der Waals surface area (Å²) >= 11 is 0. The lowest BCUT2D eigenvalue weighted by Crippen LogP contribution is -2.40. The molecule has 134 valence electrons. The quantitative estimate of drug-likeness (QED) is 0.681. The zero-order valence-electron chi connectivity index (χ0n) is 15.3. The molecule has 0 radical (unpaired) electrons. The van der Waals surface area contributed by atoms with Crippen LogP contribution in [0.5, 0.6) is 0 Å². The Morgan fingerprint density at radius 2 is 1.88 bits per heavy atom. The molecule has 4 heteroatoms. The van der Waals surface area contributed by atoms with Crippen molar-refractivity contribution in [3.05, 3.63) is 35.4 Å². The van der Waals surface area contributed by atoms with E-state index in [0.717, 1.165) is 25.8 Å². The van der Waals surface area contributed by atoms with Gasteiger partial charge in [0.1, 0.15) is 12.1 Å². The molecule has 24 heavy (non-hydrogen) atoms. The number of nitrogens with one attached hydrogen (secondary N) is 2. The Bertz CT molecular complexity index is 510. The van der Waals surface area contributed by atoms with E-state index in [0.29, 0.717) is 12.5 Å². The molecule has 2 N–H and O–H groups in total. The van der Waals surface area contributed by atoms with Gasteiger partial charge in [0, 0.05) is 13.1 Å². The molecule has 0 heterocycles. The summed E-state index contributed by atoms with van der Waals surface area (Å²) in [7, 11) is 1.95. The molecule has 0 saturated heterocycles. The second-order valence-electron chi connectivity index (χ2n) is 7.26. The van der Waals surface area contributed by atoms with E-state index in [9.17, 15) is 4.79 Å². The molecule has 1 aromatic rings. The normalized spacial score (nSPS) is 16.5. The van der Waals surface area contributed by atoms with Gasteiger partial charge in [0.15, 0.2) is 0 Å². The zero-order chi connectivity index (χ0) is 17.4. The molecule has 0 aromatic heterocycles. The SMILES string of the molecule is CNCc1cccc(CN[C@@H](CC(C)C)C(=O)OC2CCCC2)c1. The van der Waals surface area contributed by atoms with Crippen molar-refractivity contribution in [2.24, 2.45) is 5.92 Å². The molecule has 0 aliphatic heterocycles. The lowest BCUT2D eigenvalue weighted by molar-refractivity contribution is -0.151. The molecule has 1 saturated carbocycles. The van der Waals surface area contributed by atoms with Crippen LogP contribution >= 0.6 is 0 Å². The second kappa shape index (κ2) is 9.80. The minimum Gasteiger partial charge on any atom is -0.461 e. The Labute approximate surface area is 146 Å². The minimum atomic E-state index is -0.224. The van der Waals surface area contributed by atoms with Gasteiger partial charge in [-0.15, -0.1) is 0 Å². The fraction of sp³-hybridized carbons (Fsp3) is 0.650. The third-order valence-electron chi connectivity index (χ3n) is 4.50. The van der Waals surface area contributed by atoms with Crippen LogP contribution in [0.1, 0.15) is 57.1 Å². The molecule has 1 aromatic carbocycles. The van der Waals surface area contributed by atoms with Crippen molar-refractivity contribution in [3.8, 4) is 0 Å². The van der Waals surface area contributed by atoms with E-state index >= 15 is 0 Å². The van der Waals surface area contributed by atoms with Crippen molar-refractivity contribution in [2.45, 2.75) is 71.2 Å². The zero-order valence-corrected chi connectivity index (χ0v) is 15.3. The van der Waals surface area contributed by atoms with Crippen molar-refractivity contribution in [2.75, 3.05) is 7.05 Å². The predicted octanol–water partition coefficient (Wildman–Crippen LogP) is 3.40. The molecule has 1 aliphatic carbocycles. The van der Waals surface area contributed by atoms with Crippen LogP contribution < -0.4 is 10.6 Å². The van der Waals surface area contributed by atoms with Gasteiger partial charge in [0.05, 0.1) is 0 Å². The van der Waals surface area contributed by atoms with Crippen LogP contribution in [0, 0.1) is 5.92 Å². The molecule has 0 bridgehead atoms. The molecule has 0 amide bonds. The van der Waals surface area contributed by atoms with Gasteiger partial charge in [-0.25, -0.2) is 0 Å². The summed E-state index contributed by atoms with van der Waals surface area (Å²) in [5, 5.41) is 6.58. The molecule has 1 fully saturated rings. The predicted molar refractivity (Wildman–Crippen MR) is 97.6 cm³/mol. The van der Waals surface area contributed by atoms with E-state index in [4.69, 9.17) is 4.74 Å². The molecule has 0 unspecified atom stereocenters. The van der Waals surface area contributed by atoms with Crippen molar-refractivity contribution in [3.63, 3.8) is 0 Å². The van der Waals surface area contributed by atoms with E-state index in [1.54, 1.807) is 0 Å². The highest BCUT2D eigenvalue weighted by molar-refractivity contribution is 5.76. The van der Waals surface area contributed by atoms with Crippen LogP contribution in [0.4, 0.5) is 0 Å². The Kier molecular flexibility index (Phi) is 7.73. The molecule has 1 aliphatic rings. The van der Waals surface area contributed by atoms with E-state index < -0.39 is 0 Å². The summed E-state index contributed by atoms with van der Waals surface area (Å²) in [6.07, 6.45) is 5.34. The van der Waals surface area contributed by atoms with Gasteiger partial charge in [0.25, 0.3) is 0 Å². The van der Waals surface area contributed by atoms with Gasteiger partial charge in [-0.3, -0.25) is 4.79 Å². The van der Waals surface area contributed by atoms with E-state index in [1.165, 1.54) is 24.0 Å². The van der Waals surface area contributed by atoms with Crippen LogP contribution in [0.2, 0.25) is 0 Å². The number of hydrogen-bond donors (Lipinski definition) is 2. The average Bonchev–Trinajstić information content (AvgIpc) is 3.04. The number of esters is 1. The third kappa shape index (κ3) is 6.25. The first-order valence-corrected chi connectivity index (χ1v) is 9.24. The first kappa shape index (κ1) is 18.9. The first-order valence-electron chi connectivity index (χ1n) is 9.24. The maximum Gasteiger partial charge on any atom is 0.323 e. The molecule has 0 spiro atoms. The van der Waals surface area contributed by atoms with Crippen molar-refractivity contribution < 1.29 is 9.53 Å². The van der Waals surface area contributed by atoms with Crippen LogP contribution in [-0.2, 0) is 22.6 Å². The summed E-state index contributed by atoms with van der Waals surface area (Å²) in [6, 6.07) is 8.23. The molecule has 2 rings (SSSR count). The number of rotatable bonds is 9. The monoisotopic (exact) mass is 332 g/mol. The summed E-state index contributed by atoms with van der Waals surface area (Å²) in [5.41, 5.74) is 2.45. The van der Waals surface area contributed by atoms with E-state index in [1.807, 2.05) is 7.05 Å². The largest absolute Gasteiger partial charge is 0.461 e. The van der Waals surface area contributed by atoms with Gasteiger partial charge in [-0.2, -0.15) is 0 Å². The Morgan fingerprint density at radius 1 is 1.21 bits per heavy atom. The molecular formula is C20H32N2O2. The first-order chi connectivity index (χ1) is 11.6. The van der Waals surface area contributed by atoms with Crippen molar-refractivity contribution >= 4 is 5.97 Å². The topological polar surface area (TPSA) is 50.4 Å². The number of ether oxygens (including phenoxy) is 1. The number of hydrogen-bond acceptors (Lipinski definition) is 4. The molecule has 1 atom stereocenters. The summed E-state index contributed by atoms with van der Waals surface area (Å²) in [6.45, 7) is 5.83. The smallest absolute Gasteiger partial charge is 0.323 e. The number of carbonyl (C=O) groups is 1. The maximum absolute atomic E-state index is 12.5. The van der Waals surface area contributed by atoms with Crippen LogP contribution in [0.15, 0.2) is 24.3 Å². The van der Waals surface area contributed by atoms with Crippen LogP contribution in [0.3, 0.4) is 0 Å². The number of benzene rings is 1. The molecular weight excluding hydrogens is 300 g/mol. The highest BCUT2D eigenvalue weighted by Gasteiger charge is 2.25. The highest BCUT2D eigenvalue weighted by Crippen LogP contribution is 2.22. The van der Waals surface area contributed by atoms with Crippen molar-refractivity contribution in [1.29, 1.82) is 0 Å². The Balaban J connectivity index is 1.92. The van der Waals surface area contributed by atoms with E-state index in [-0.39, 0.29) is 18.1 Å². The minimum absolute atomic E-state index is 0.0815. The number of carbonyl (C=O) groups excluding carboxylic acids is 1. The third-order valence-corrected chi connectivity index (χ3v) is 4.50. The molecule has 4 nitrogen and oxygen atoms in total.